The fourth-order valence-electron chi connectivity index (χ4n) is 4.93. The van der Waals surface area contributed by atoms with E-state index in [1.807, 2.05) is 42.5 Å². The highest BCUT2D eigenvalue weighted by molar-refractivity contribution is 5.82. The van der Waals surface area contributed by atoms with Crippen LogP contribution in [0.25, 0.3) is 5.69 Å². The van der Waals surface area contributed by atoms with Crippen LogP contribution in [0.4, 0.5) is 4.39 Å². The number of methoxy groups -OCH3 is 1. The first-order valence-corrected chi connectivity index (χ1v) is 12.7. The summed E-state index contributed by atoms with van der Waals surface area (Å²) in [6.07, 6.45) is 2.94. The van der Waals surface area contributed by atoms with Gasteiger partial charge in [0.1, 0.15) is 11.6 Å². The van der Waals surface area contributed by atoms with Crippen LogP contribution in [-0.4, -0.2) is 45.2 Å². The number of amides is 1. The monoisotopic (exact) mass is 490 g/mol. The highest BCUT2D eigenvalue weighted by Crippen LogP contribution is 2.34. The number of halogens is 1. The Morgan fingerprint density at radius 2 is 1.81 bits per heavy atom. The van der Waals surface area contributed by atoms with Crippen LogP contribution in [-0.2, 0) is 30.8 Å². The van der Waals surface area contributed by atoms with Crippen molar-refractivity contribution in [3.05, 3.63) is 76.9 Å². The third-order valence-electron chi connectivity index (χ3n) is 7.07. The molecule has 1 aromatic heterocycles. The maximum absolute atomic E-state index is 13.6. The molecule has 2 aliphatic rings. The summed E-state index contributed by atoms with van der Waals surface area (Å²) in [6, 6.07) is 15.0. The molecule has 0 saturated heterocycles. The van der Waals surface area contributed by atoms with Gasteiger partial charge in [-0.15, -0.1) is 0 Å². The van der Waals surface area contributed by atoms with Gasteiger partial charge in [-0.3, -0.25) is 9.69 Å². The number of rotatable bonds is 7. The number of aromatic nitrogens is 2. The van der Waals surface area contributed by atoms with E-state index in [9.17, 15) is 9.18 Å². The van der Waals surface area contributed by atoms with Gasteiger partial charge in [0.2, 0.25) is 5.91 Å². The molecule has 1 fully saturated rings. The number of fused-ring (bicyclic) bond motifs is 1. The lowest BCUT2D eigenvalue weighted by atomic mass is 9.94. The third-order valence-corrected chi connectivity index (χ3v) is 7.07. The average Bonchev–Trinajstić information content (AvgIpc) is 3.64. The second-order valence-corrected chi connectivity index (χ2v) is 11.0. The molecule has 0 unspecified atom stereocenters. The van der Waals surface area contributed by atoms with Crippen LogP contribution in [0, 0.1) is 11.2 Å². The van der Waals surface area contributed by atoms with Crippen molar-refractivity contribution in [3.8, 4) is 11.4 Å². The zero-order valence-electron chi connectivity index (χ0n) is 21.6. The molecule has 5 rings (SSSR count). The number of carbonyl (C=O) groups excluding carboxylic acids is 1. The zero-order valence-corrected chi connectivity index (χ0v) is 21.6. The van der Waals surface area contributed by atoms with Crippen molar-refractivity contribution < 1.29 is 13.9 Å². The number of ether oxygens (including phenoxy) is 1. The molecule has 0 spiro atoms. The van der Waals surface area contributed by atoms with Gasteiger partial charge in [-0.1, -0.05) is 32.9 Å². The smallest absolute Gasteiger partial charge is 0.228 e. The Labute approximate surface area is 212 Å². The third kappa shape index (κ3) is 5.16. The molecule has 0 atom stereocenters. The van der Waals surface area contributed by atoms with E-state index in [1.165, 1.54) is 23.3 Å². The molecule has 2 heterocycles. The summed E-state index contributed by atoms with van der Waals surface area (Å²) in [6.45, 7) is 8.94. The van der Waals surface area contributed by atoms with Gasteiger partial charge < -0.3 is 9.64 Å². The summed E-state index contributed by atoms with van der Waals surface area (Å²) in [5, 5.41) is 5.03. The molecule has 0 bridgehead atoms. The largest absolute Gasteiger partial charge is 0.497 e. The Bertz CT molecular complexity index is 1220. The lowest BCUT2D eigenvalue weighted by Crippen LogP contribution is -2.41. The van der Waals surface area contributed by atoms with E-state index in [0.717, 1.165) is 61.7 Å². The molecular formula is C29H35FN4O2. The summed E-state index contributed by atoms with van der Waals surface area (Å²) >= 11 is 0. The number of hydrogen-bond donors (Lipinski definition) is 0. The average molecular weight is 491 g/mol. The second-order valence-electron chi connectivity index (χ2n) is 11.0. The van der Waals surface area contributed by atoms with Crippen molar-refractivity contribution in [2.45, 2.75) is 65.7 Å². The molecule has 7 heteroatoms. The molecule has 6 nitrogen and oxygen atoms in total. The highest BCUT2D eigenvalue weighted by Gasteiger charge is 2.39. The summed E-state index contributed by atoms with van der Waals surface area (Å²) in [4.78, 5) is 17.8. The molecule has 2 aromatic carbocycles. The Morgan fingerprint density at radius 3 is 2.42 bits per heavy atom. The zero-order chi connectivity index (χ0) is 25.4. The molecule has 36 heavy (non-hydrogen) atoms. The van der Waals surface area contributed by atoms with E-state index in [2.05, 4.69) is 17.0 Å². The number of nitrogens with zero attached hydrogens (tertiary/aromatic N) is 4. The van der Waals surface area contributed by atoms with E-state index >= 15 is 0 Å². The number of benzene rings is 2. The summed E-state index contributed by atoms with van der Waals surface area (Å²) < 4.78 is 20.9. The maximum Gasteiger partial charge on any atom is 0.228 e. The normalized spacial score (nSPS) is 16.0. The van der Waals surface area contributed by atoms with Gasteiger partial charge in [-0.2, -0.15) is 5.10 Å². The van der Waals surface area contributed by atoms with Gasteiger partial charge in [0.25, 0.3) is 0 Å². The van der Waals surface area contributed by atoms with Gasteiger partial charge in [-0.25, -0.2) is 9.07 Å². The van der Waals surface area contributed by atoms with Gasteiger partial charge in [-0.05, 0) is 54.8 Å². The molecular weight excluding hydrogens is 455 g/mol. The Morgan fingerprint density at radius 1 is 1.11 bits per heavy atom. The Balaban J connectivity index is 1.46. The fourth-order valence-corrected chi connectivity index (χ4v) is 4.93. The van der Waals surface area contributed by atoms with Crippen molar-refractivity contribution in [2.24, 2.45) is 5.41 Å². The molecule has 190 valence electrons. The highest BCUT2D eigenvalue weighted by atomic mass is 19.1. The SMILES string of the molecule is COc1ccc(CN2CCc3c(c(CN(C(=O)C(C)(C)C)C4CC4)nn3-c3ccc(F)cc3)C2)cc1. The first-order chi connectivity index (χ1) is 17.2. The summed E-state index contributed by atoms with van der Waals surface area (Å²) in [5.41, 5.74) is 4.92. The van der Waals surface area contributed by atoms with Crippen molar-refractivity contribution in [1.29, 1.82) is 0 Å². The van der Waals surface area contributed by atoms with E-state index < -0.39 is 5.41 Å². The molecule has 3 aromatic rings. The van der Waals surface area contributed by atoms with Crippen LogP contribution in [0.3, 0.4) is 0 Å². The molecule has 1 aliphatic heterocycles. The topological polar surface area (TPSA) is 50.6 Å². The minimum Gasteiger partial charge on any atom is -0.497 e. The predicted molar refractivity (Wildman–Crippen MR) is 137 cm³/mol. The second kappa shape index (κ2) is 9.69. The van der Waals surface area contributed by atoms with Gasteiger partial charge in [0, 0.05) is 43.1 Å². The first-order valence-electron chi connectivity index (χ1n) is 12.7. The van der Waals surface area contributed by atoms with Crippen LogP contribution in [0.5, 0.6) is 5.75 Å². The van der Waals surface area contributed by atoms with Crippen LogP contribution in [0.1, 0.15) is 56.1 Å². The van der Waals surface area contributed by atoms with Crippen LogP contribution in [0.15, 0.2) is 48.5 Å². The van der Waals surface area contributed by atoms with Crippen molar-refractivity contribution in [1.82, 2.24) is 19.6 Å². The van der Waals surface area contributed by atoms with E-state index in [-0.39, 0.29) is 11.7 Å². The summed E-state index contributed by atoms with van der Waals surface area (Å²) in [7, 11) is 1.68. The molecule has 1 amide bonds. The predicted octanol–water partition coefficient (Wildman–Crippen LogP) is 5.12. The van der Waals surface area contributed by atoms with E-state index in [1.54, 1.807) is 19.2 Å². The lowest BCUT2D eigenvalue weighted by molar-refractivity contribution is -0.140. The maximum atomic E-state index is 13.6. The minimum absolute atomic E-state index is 0.168. The lowest BCUT2D eigenvalue weighted by Gasteiger charge is -2.31. The van der Waals surface area contributed by atoms with E-state index in [4.69, 9.17) is 9.84 Å². The van der Waals surface area contributed by atoms with Crippen molar-refractivity contribution in [2.75, 3.05) is 13.7 Å². The first kappa shape index (κ1) is 24.5. The molecule has 0 N–H and O–H groups in total. The molecule has 1 saturated carbocycles. The number of hydrogen-bond acceptors (Lipinski definition) is 4. The Kier molecular flexibility index (Phi) is 6.60. The van der Waals surface area contributed by atoms with Gasteiger partial charge >= 0.3 is 0 Å². The summed E-state index contributed by atoms with van der Waals surface area (Å²) in [5.74, 6) is 0.758. The molecule has 0 radical (unpaired) electrons. The van der Waals surface area contributed by atoms with Crippen LogP contribution < -0.4 is 4.74 Å². The molecule has 1 aliphatic carbocycles. The van der Waals surface area contributed by atoms with Crippen molar-refractivity contribution >= 4 is 5.91 Å². The quantitative estimate of drug-likeness (QED) is 0.462. The number of carbonyl (C=O) groups is 1. The van der Waals surface area contributed by atoms with Gasteiger partial charge in [0.05, 0.1) is 30.7 Å². The van der Waals surface area contributed by atoms with E-state index in [0.29, 0.717) is 12.6 Å². The fraction of sp³-hybridized carbons (Fsp3) is 0.448. The van der Waals surface area contributed by atoms with Crippen LogP contribution in [0.2, 0.25) is 0 Å². The Hall–Kier alpha value is -3.19. The minimum atomic E-state index is -0.442. The van der Waals surface area contributed by atoms with Crippen LogP contribution >= 0.6 is 0 Å². The van der Waals surface area contributed by atoms with Gasteiger partial charge in [0.15, 0.2) is 0 Å². The van der Waals surface area contributed by atoms with Crippen molar-refractivity contribution in [3.63, 3.8) is 0 Å². The standard InChI is InChI=1S/C29H35FN4O2/c1-29(2,3)28(35)33(22-11-12-22)19-26-25-18-32(17-20-5-13-24(36-4)14-6-20)16-15-27(25)34(31-26)23-9-7-21(30)8-10-23/h5-10,13-14,22H,11-12,15-19H2,1-4H3.